The fourth-order valence-electron chi connectivity index (χ4n) is 0.418. The second kappa shape index (κ2) is 7.04. The Morgan fingerprint density at radius 2 is 1.50 bits per heavy atom. The number of benzene rings is 1. The van der Waals surface area contributed by atoms with Crippen LogP contribution in [0.5, 0.6) is 0 Å². The highest BCUT2D eigenvalue weighted by Crippen LogP contribution is 1.79. The van der Waals surface area contributed by atoms with Gasteiger partial charge in [-0.25, -0.2) is 10.1 Å². The molecule has 0 aromatic heterocycles. The van der Waals surface area contributed by atoms with Crippen LogP contribution in [0.2, 0.25) is 0 Å². The van der Waals surface area contributed by atoms with Gasteiger partial charge in [0.15, 0.2) is 5.03 Å². The zero-order valence-corrected chi connectivity index (χ0v) is 6.07. The molecular weight excluding hydrogens is 160 g/mol. The molecule has 0 radical (unpaired) electrons. The quantitative estimate of drug-likeness (QED) is 0.210. The fraction of sp³-hybridized carbons (Fsp3) is 0. The Morgan fingerprint density at radius 3 is 1.58 bits per heavy atom. The van der Waals surface area contributed by atoms with E-state index < -0.39 is 5.03 Å². The summed E-state index contributed by atoms with van der Waals surface area (Å²) in [7, 11) is 0. The van der Waals surface area contributed by atoms with Crippen molar-refractivity contribution in [3.8, 4) is 0 Å². The van der Waals surface area contributed by atoms with Crippen LogP contribution in [0, 0.1) is 10.1 Å². The maximum Gasteiger partial charge on any atom is 0.261 e. The van der Waals surface area contributed by atoms with Crippen molar-refractivity contribution in [2.45, 2.75) is 0 Å². The first-order valence-corrected chi connectivity index (χ1v) is 2.97. The van der Waals surface area contributed by atoms with Gasteiger partial charge in [-0.15, -0.1) is 0 Å². The lowest BCUT2D eigenvalue weighted by molar-refractivity contribution is -0.488. The highest BCUT2D eigenvalue weighted by atomic mass is 16.7. The number of nitrogens with zero attached hydrogens (tertiary/aromatic N) is 4. The largest absolute Gasteiger partial charge is 0.261 e. The molecule has 0 heterocycles. The molecule has 1 aromatic carbocycles. The van der Waals surface area contributed by atoms with Crippen LogP contribution in [-0.4, -0.2) is 5.03 Å². The Hall–Kier alpha value is -2.07. The van der Waals surface area contributed by atoms with Crippen LogP contribution in [-0.2, 0) is 0 Å². The van der Waals surface area contributed by atoms with E-state index in [1.165, 1.54) is 0 Å². The van der Waals surface area contributed by atoms with E-state index in [0.29, 0.717) is 0 Å². The molecular formula is C6H6N4O2. The minimum atomic E-state index is -1.11. The zero-order chi connectivity index (χ0) is 9.23. The Labute approximate surface area is 68.2 Å². The second-order valence-corrected chi connectivity index (χ2v) is 1.57. The molecule has 12 heavy (non-hydrogen) atoms. The summed E-state index contributed by atoms with van der Waals surface area (Å²) in [4.78, 5) is 10.8. The van der Waals surface area contributed by atoms with Crippen molar-refractivity contribution in [3.63, 3.8) is 0 Å². The number of hydrogen-bond donors (Lipinski definition) is 0. The van der Waals surface area contributed by atoms with E-state index in [1.807, 2.05) is 46.5 Å². The van der Waals surface area contributed by atoms with Gasteiger partial charge in [-0.3, -0.25) is 0 Å². The lowest BCUT2D eigenvalue weighted by Crippen LogP contribution is -1.77. The van der Waals surface area contributed by atoms with Gasteiger partial charge in [-0.1, -0.05) is 36.4 Å². The number of hydrogen-bond acceptors (Lipinski definition) is 2. The summed E-state index contributed by atoms with van der Waals surface area (Å²) in [6.07, 6.45) is 0. The molecule has 0 saturated heterocycles. The molecule has 0 spiro atoms. The molecule has 6 heteroatoms. The summed E-state index contributed by atoms with van der Waals surface area (Å²) >= 11 is 0. The standard InChI is InChI=1S/C6H6.N4O2/c1-2-4-6-5-3-1;1-2-3-4(5)6/h1-6H;. The van der Waals surface area contributed by atoms with Crippen molar-refractivity contribution in [1.82, 2.24) is 0 Å². The van der Waals surface area contributed by atoms with Gasteiger partial charge >= 0.3 is 0 Å². The van der Waals surface area contributed by atoms with Crippen molar-refractivity contribution in [2.75, 3.05) is 0 Å². The number of azide groups is 1. The Kier molecular flexibility index (Phi) is 5.83. The third-order valence-electron chi connectivity index (χ3n) is 0.780. The predicted octanol–water partition coefficient (Wildman–Crippen LogP) is 2.17. The lowest BCUT2D eigenvalue weighted by atomic mass is 10.4. The van der Waals surface area contributed by atoms with Gasteiger partial charge in [0.2, 0.25) is 0 Å². The van der Waals surface area contributed by atoms with Crippen molar-refractivity contribution in [3.05, 3.63) is 57.0 Å². The van der Waals surface area contributed by atoms with Crippen molar-refractivity contribution < 1.29 is 5.03 Å². The second-order valence-electron chi connectivity index (χ2n) is 1.57. The van der Waals surface area contributed by atoms with E-state index in [2.05, 4.69) is 0 Å². The Bertz CT molecular complexity index is 241. The van der Waals surface area contributed by atoms with Crippen LogP contribution in [0.4, 0.5) is 0 Å². The zero-order valence-electron chi connectivity index (χ0n) is 6.07. The van der Waals surface area contributed by atoms with Gasteiger partial charge in [0.25, 0.3) is 5.22 Å². The molecule has 0 bridgehead atoms. The maximum absolute atomic E-state index is 8.98. The SMILES string of the molecule is [N-]=[N+]=N[N+](=O)[O-].c1ccccc1. The molecule has 0 fully saturated rings. The molecule has 62 valence electrons. The van der Waals surface area contributed by atoms with E-state index in [1.54, 1.807) is 0 Å². The average Bonchev–Trinajstić information content (AvgIpc) is 2.08. The summed E-state index contributed by atoms with van der Waals surface area (Å²) < 4.78 is 0. The Balaban J connectivity index is 0.000000202. The van der Waals surface area contributed by atoms with Crippen LogP contribution >= 0.6 is 0 Å². The molecule has 0 unspecified atom stereocenters. The molecule has 0 aliphatic carbocycles. The average molecular weight is 166 g/mol. The third kappa shape index (κ3) is 7.93. The Morgan fingerprint density at radius 1 is 1.17 bits per heavy atom. The maximum atomic E-state index is 8.98. The summed E-state index contributed by atoms with van der Waals surface area (Å²) in [5.74, 6) is 0. The highest BCUT2D eigenvalue weighted by Gasteiger charge is 1.77. The molecule has 0 atom stereocenters. The summed E-state index contributed by atoms with van der Waals surface area (Å²) in [6, 6.07) is 12.0. The molecule has 6 nitrogen and oxygen atoms in total. The predicted molar refractivity (Wildman–Crippen MR) is 42.6 cm³/mol. The monoisotopic (exact) mass is 166 g/mol. The smallest absolute Gasteiger partial charge is 0.246 e. The van der Waals surface area contributed by atoms with Crippen LogP contribution in [0.15, 0.2) is 41.6 Å². The normalized spacial score (nSPS) is 7.00. The topological polar surface area (TPSA) is 91.9 Å². The van der Waals surface area contributed by atoms with E-state index in [4.69, 9.17) is 15.6 Å². The van der Waals surface area contributed by atoms with Crippen molar-refractivity contribution >= 4 is 0 Å². The van der Waals surface area contributed by atoms with E-state index in [-0.39, 0.29) is 0 Å². The van der Waals surface area contributed by atoms with Gasteiger partial charge in [-0.2, -0.15) is 0 Å². The number of rotatable bonds is 1. The fourth-order valence-corrected chi connectivity index (χ4v) is 0.418. The summed E-state index contributed by atoms with van der Waals surface area (Å²) in [5, 5.41) is 9.90. The van der Waals surface area contributed by atoms with Gasteiger partial charge < -0.3 is 0 Å². The molecule has 0 amide bonds. The highest BCUT2D eigenvalue weighted by molar-refractivity contribution is 4.99. The van der Waals surface area contributed by atoms with Gasteiger partial charge in [-0.05, 0) is 0 Å². The third-order valence-corrected chi connectivity index (χ3v) is 0.780. The first-order valence-electron chi connectivity index (χ1n) is 2.97. The van der Waals surface area contributed by atoms with Crippen molar-refractivity contribution in [2.24, 2.45) is 5.22 Å². The van der Waals surface area contributed by atoms with Crippen molar-refractivity contribution in [1.29, 1.82) is 0 Å². The van der Waals surface area contributed by atoms with Crippen LogP contribution in [0.3, 0.4) is 0 Å². The van der Waals surface area contributed by atoms with Crippen LogP contribution in [0.25, 0.3) is 10.4 Å². The molecule has 0 N–H and O–H groups in total. The molecule has 0 aliphatic heterocycles. The van der Waals surface area contributed by atoms with Crippen LogP contribution in [0.1, 0.15) is 0 Å². The number of nitro groups is 1. The lowest BCUT2D eigenvalue weighted by Gasteiger charge is -1.69. The minimum Gasteiger partial charge on any atom is -0.246 e. The first-order chi connectivity index (χ1) is 5.77. The summed E-state index contributed by atoms with van der Waals surface area (Å²) in [6.45, 7) is 0. The minimum absolute atomic E-state index is 1.11. The van der Waals surface area contributed by atoms with Gasteiger partial charge in [0.05, 0.1) is 4.91 Å². The first kappa shape index (κ1) is 9.93. The molecule has 1 aromatic rings. The van der Waals surface area contributed by atoms with Gasteiger partial charge in [0.1, 0.15) is 0 Å². The molecule has 0 saturated carbocycles. The molecule has 1 rings (SSSR count). The van der Waals surface area contributed by atoms with Gasteiger partial charge in [0, 0.05) is 5.53 Å². The summed E-state index contributed by atoms with van der Waals surface area (Å²) in [5.41, 5.74) is 7.25. The van der Waals surface area contributed by atoms with E-state index >= 15 is 0 Å². The molecule has 0 aliphatic rings. The van der Waals surface area contributed by atoms with Crippen LogP contribution < -0.4 is 0 Å². The van der Waals surface area contributed by atoms with E-state index in [0.717, 1.165) is 0 Å². The van der Waals surface area contributed by atoms with E-state index in [9.17, 15) is 0 Å².